The smallest absolute Gasteiger partial charge is 0.356 e. The van der Waals surface area contributed by atoms with Crippen molar-refractivity contribution in [1.82, 2.24) is 15.3 Å². The first-order chi connectivity index (χ1) is 12.0. The predicted octanol–water partition coefficient (Wildman–Crippen LogP) is 2.23. The topological polar surface area (TPSA) is 101 Å². The summed E-state index contributed by atoms with van der Waals surface area (Å²) in [6.45, 7) is 0.406. The third-order valence-electron chi connectivity index (χ3n) is 3.78. The molecular weight excluding hydrogens is 353 g/mol. The number of nitrogens with one attached hydrogen (secondary N) is 1. The van der Waals surface area contributed by atoms with Gasteiger partial charge in [0.15, 0.2) is 5.69 Å². The van der Waals surface area contributed by atoms with Gasteiger partial charge in [0.05, 0.1) is 23.5 Å². The second-order valence-electron chi connectivity index (χ2n) is 5.43. The Morgan fingerprint density at radius 3 is 2.64 bits per heavy atom. The number of ether oxygens (including phenoxy) is 1. The van der Waals surface area contributed by atoms with E-state index in [9.17, 15) is 14.0 Å². The summed E-state index contributed by atoms with van der Waals surface area (Å²) in [6.07, 6.45) is 2.13. The first-order valence-electron chi connectivity index (χ1n) is 7.38. The quantitative estimate of drug-likeness (QED) is 0.861. The minimum atomic E-state index is -1.23. The zero-order valence-electron chi connectivity index (χ0n) is 12.8. The van der Waals surface area contributed by atoms with Crippen LogP contribution in [0, 0.1) is 5.82 Å². The van der Waals surface area contributed by atoms with Gasteiger partial charge >= 0.3 is 5.97 Å². The van der Waals surface area contributed by atoms with Crippen molar-refractivity contribution in [3.05, 3.63) is 58.4 Å². The van der Waals surface area contributed by atoms with E-state index < -0.39 is 23.8 Å². The van der Waals surface area contributed by atoms with E-state index in [1.165, 1.54) is 12.1 Å². The number of carbonyl (C=O) groups excluding carboxylic acids is 1. The van der Waals surface area contributed by atoms with Gasteiger partial charge < -0.3 is 15.2 Å². The van der Waals surface area contributed by atoms with Crippen molar-refractivity contribution in [2.24, 2.45) is 0 Å². The Bertz CT molecular complexity index is 816. The fraction of sp³-hybridized carbons (Fsp3) is 0.250. The minimum absolute atomic E-state index is 0.0103. The highest BCUT2D eigenvalue weighted by Crippen LogP contribution is 2.31. The van der Waals surface area contributed by atoms with Crippen LogP contribution in [0.5, 0.6) is 0 Å². The highest BCUT2D eigenvalue weighted by Gasteiger charge is 2.32. The van der Waals surface area contributed by atoms with Gasteiger partial charge in [-0.15, -0.1) is 0 Å². The summed E-state index contributed by atoms with van der Waals surface area (Å²) >= 11 is 5.68. The molecule has 0 radical (unpaired) electrons. The summed E-state index contributed by atoms with van der Waals surface area (Å²) in [4.78, 5) is 30.5. The summed E-state index contributed by atoms with van der Waals surface area (Å²) in [5.74, 6) is -2.30. The van der Waals surface area contributed by atoms with Crippen LogP contribution in [0.3, 0.4) is 0 Å². The summed E-state index contributed by atoms with van der Waals surface area (Å²) in [7, 11) is 0. The number of aromatic nitrogens is 2. The molecule has 1 fully saturated rings. The van der Waals surface area contributed by atoms with Gasteiger partial charge in [-0.05, 0) is 24.1 Å². The molecular formula is C16H13ClFN3O4. The van der Waals surface area contributed by atoms with Gasteiger partial charge in [0.25, 0.3) is 5.91 Å². The van der Waals surface area contributed by atoms with Crippen LogP contribution in [0.25, 0.3) is 0 Å². The highest BCUT2D eigenvalue weighted by molar-refractivity contribution is 6.30. The molecule has 25 heavy (non-hydrogen) atoms. The molecule has 3 rings (SSSR count). The molecule has 0 spiro atoms. The number of rotatable bonds is 4. The Morgan fingerprint density at radius 1 is 1.28 bits per heavy atom. The van der Waals surface area contributed by atoms with E-state index >= 15 is 0 Å². The van der Waals surface area contributed by atoms with E-state index in [1.807, 2.05) is 0 Å². The molecule has 1 amide bonds. The van der Waals surface area contributed by atoms with Gasteiger partial charge in [0, 0.05) is 6.61 Å². The molecule has 1 saturated heterocycles. The lowest BCUT2D eigenvalue weighted by molar-refractivity contribution is 0.0688. The fourth-order valence-corrected chi connectivity index (χ4v) is 2.67. The molecule has 2 heterocycles. The van der Waals surface area contributed by atoms with Gasteiger partial charge in [-0.1, -0.05) is 17.7 Å². The molecule has 2 aromatic rings. The summed E-state index contributed by atoms with van der Waals surface area (Å²) in [6, 6.07) is 3.97. The lowest BCUT2D eigenvalue weighted by Gasteiger charge is -2.20. The van der Waals surface area contributed by atoms with Gasteiger partial charge in [-0.25, -0.2) is 19.2 Å². The maximum Gasteiger partial charge on any atom is 0.356 e. The molecule has 0 saturated carbocycles. The van der Waals surface area contributed by atoms with E-state index in [2.05, 4.69) is 15.3 Å². The minimum Gasteiger partial charge on any atom is -0.476 e. The molecule has 0 bridgehead atoms. The van der Waals surface area contributed by atoms with Crippen molar-refractivity contribution in [2.45, 2.75) is 18.6 Å². The number of hydrogen-bond donors (Lipinski definition) is 2. The van der Waals surface area contributed by atoms with Gasteiger partial charge in [-0.3, -0.25) is 4.79 Å². The van der Waals surface area contributed by atoms with Gasteiger partial charge in [0.2, 0.25) is 0 Å². The van der Waals surface area contributed by atoms with Crippen LogP contribution >= 0.6 is 11.6 Å². The zero-order chi connectivity index (χ0) is 18.0. The van der Waals surface area contributed by atoms with Crippen LogP contribution in [0.15, 0.2) is 30.6 Å². The number of benzene rings is 1. The van der Waals surface area contributed by atoms with E-state index in [4.69, 9.17) is 21.4 Å². The summed E-state index contributed by atoms with van der Waals surface area (Å²) < 4.78 is 19.2. The Morgan fingerprint density at radius 2 is 2.00 bits per heavy atom. The number of hydrogen-bond acceptors (Lipinski definition) is 5. The van der Waals surface area contributed by atoms with E-state index in [-0.39, 0.29) is 22.5 Å². The first kappa shape index (κ1) is 17.2. The monoisotopic (exact) mass is 365 g/mol. The van der Waals surface area contributed by atoms with Crippen LogP contribution in [0.1, 0.15) is 39.1 Å². The fourth-order valence-electron chi connectivity index (χ4n) is 2.55. The largest absolute Gasteiger partial charge is 0.476 e. The van der Waals surface area contributed by atoms with Crippen molar-refractivity contribution < 1.29 is 23.8 Å². The molecule has 2 unspecified atom stereocenters. The average Bonchev–Trinajstić information content (AvgIpc) is 3.05. The second-order valence-corrected chi connectivity index (χ2v) is 5.83. The Hall–Kier alpha value is -2.58. The normalized spacial score (nSPS) is 19.6. The predicted molar refractivity (Wildman–Crippen MR) is 85.0 cm³/mol. The first-order valence-corrected chi connectivity index (χ1v) is 7.76. The Labute approximate surface area is 146 Å². The van der Waals surface area contributed by atoms with Crippen LogP contribution in [-0.4, -0.2) is 39.6 Å². The van der Waals surface area contributed by atoms with Crippen molar-refractivity contribution in [3.63, 3.8) is 0 Å². The number of carboxylic acid groups (broad SMARTS) is 1. The lowest BCUT2D eigenvalue weighted by Crippen LogP contribution is -2.37. The number of amides is 1. The summed E-state index contributed by atoms with van der Waals surface area (Å²) in [5, 5.41) is 11.6. The summed E-state index contributed by atoms with van der Waals surface area (Å²) in [5.41, 5.74) is 0.296. The second kappa shape index (κ2) is 7.12. The van der Waals surface area contributed by atoms with E-state index in [0.717, 1.165) is 12.4 Å². The van der Waals surface area contributed by atoms with Crippen LogP contribution < -0.4 is 5.32 Å². The molecule has 0 aliphatic carbocycles. The SMILES string of the molecule is O=C(O)c1cnc(C(=O)NC2CCOC2c2ccc(Cl)c(F)c2)cn1. The maximum atomic E-state index is 13.6. The molecule has 1 aromatic carbocycles. The van der Waals surface area contributed by atoms with Crippen molar-refractivity contribution in [3.8, 4) is 0 Å². The molecule has 1 aliphatic rings. The number of aromatic carboxylic acids is 1. The number of carboxylic acids is 1. The molecule has 7 nitrogen and oxygen atoms in total. The van der Waals surface area contributed by atoms with Gasteiger partial charge in [0.1, 0.15) is 17.6 Å². The van der Waals surface area contributed by atoms with E-state index in [1.54, 1.807) is 6.07 Å². The molecule has 9 heteroatoms. The standard InChI is InChI=1S/C16H13ClFN3O4/c17-9-2-1-8(5-10(9)18)14-11(3-4-25-14)21-15(22)12-6-20-13(7-19-12)16(23)24/h1-2,5-7,11,14H,3-4H2,(H,21,22)(H,23,24). The Kier molecular flexibility index (Phi) is 4.91. The average molecular weight is 366 g/mol. The van der Waals surface area contributed by atoms with Crippen LogP contribution in [0.4, 0.5) is 4.39 Å². The molecule has 2 N–H and O–H groups in total. The lowest BCUT2D eigenvalue weighted by atomic mass is 10.0. The maximum absolute atomic E-state index is 13.6. The van der Waals surface area contributed by atoms with Crippen molar-refractivity contribution in [1.29, 1.82) is 0 Å². The molecule has 130 valence electrons. The Balaban J connectivity index is 1.73. The molecule has 1 aromatic heterocycles. The van der Waals surface area contributed by atoms with Crippen molar-refractivity contribution in [2.75, 3.05) is 6.61 Å². The number of halogens is 2. The van der Waals surface area contributed by atoms with Gasteiger partial charge in [-0.2, -0.15) is 0 Å². The van der Waals surface area contributed by atoms with Crippen LogP contribution in [0.2, 0.25) is 5.02 Å². The van der Waals surface area contributed by atoms with Crippen LogP contribution in [-0.2, 0) is 4.74 Å². The molecule has 1 aliphatic heterocycles. The van der Waals surface area contributed by atoms with E-state index in [0.29, 0.717) is 18.6 Å². The third kappa shape index (κ3) is 3.75. The number of carbonyl (C=O) groups is 2. The zero-order valence-corrected chi connectivity index (χ0v) is 13.5. The highest BCUT2D eigenvalue weighted by atomic mass is 35.5. The van der Waals surface area contributed by atoms with Crippen molar-refractivity contribution >= 4 is 23.5 Å². The molecule has 2 atom stereocenters. The third-order valence-corrected chi connectivity index (χ3v) is 4.09. The number of nitrogens with zero attached hydrogens (tertiary/aromatic N) is 2.